The van der Waals surface area contributed by atoms with Crippen LogP contribution in [0.4, 0.5) is 4.39 Å². The molecule has 0 saturated heterocycles. The molecule has 2 N–H and O–H groups in total. The summed E-state index contributed by atoms with van der Waals surface area (Å²) in [5, 5.41) is 2.52. The standard InChI is InChI=1S/C13H14FN3O/c1-2-3-10(14)13(18)15-7-9-4-5-11-12(6-9)17-8-16-11/h3-6,8H,2,7H2,1H3,(H,15,18)(H,16,17)/b10-3+. The fourth-order valence-corrected chi connectivity index (χ4v) is 1.63. The molecule has 0 unspecified atom stereocenters. The smallest absolute Gasteiger partial charge is 0.279 e. The number of nitrogens with one attached hydrogen (secondary N) is 2. The van der Waals surface area contributed by atoms with E-state index in [2.05, 4.69) is 15.3 Å². The topological polar surface area (TPSA) is 57.8 Å². The Bertz CT molecular complexity index is 589. The molecule has 1 aromatic carbocycles. The van der Waals surface area contributed by atoms with Crippen LogP contribution >= 0.6 is 0 Å². The minimum Gasteiger partial charge on any atom is -0.346 e. The van der Waals surface area contributed by atoms with Gasteiger partial charge in [0.05, 0.1) is 17.4 Å². The van der Waals surface area contributed by atoms with E-state index in [0.717, 1.165) is 16.6 Å². The van der Waals surface area contributed by atoms with E-state index >= 15 is 0 Å². The first-order chi connectivity index (χ1) is 8.70. The van der Waals surface area contributed by atoms with Crippen LogP contribution in [-0.4, -0.2) is 15.9 Å². The number of benzene rings is 1. The number of amides is 1. The van der Waals surface area contributed by atoms with Crippen molar-refractivity contribution in [2.45, 2.75) is 19.9 Å². The lowest BCUT2D eigenvalue weighted by Gasteiger charge is -2.03. The summed E-state index contributed by atoms with van der Waals surface area (Å²) in [6.45, 7) is 2.07. The Morgan fingerprint density at radius 3 is 3.17 bits per heavy atom. The average Bonchev–Trinajstić information content (AvgIpc) is 2.83. The van der Waals surface area contributed by atoms with Crippen molar-refractivity contribution in [1.29, 1.82) is 0 Å². The molecule has 94 valence electrons. The van der Waals surface area contributed by atoms with Crippen molar-refractivity contribution in [2.24, 2.45) is 0 Å². The molecule has 2 aromatic rings. The summed E-state index contributed by atoms with van der Waals surface area (Å²) in [7, 11) is 0. The number of aromatic nitrogens is 2. The summed E-state index contributed by atoms with van der Waals surface area (Å²) >= 11 is 0. The van der Waals surface area contributed by atoms with Crippen molar-refractivity contribution in [2.75, 3.05) is 0 Å². The first-order valence-corrected chi connectivity index (χ1v) is 5.76. The van der Waals surface area contributed by atoms with Crippen molar-refractivity contribution in [1.82, 2.24) is 15.3 Å². The zero-order valence-electron chi connectivity index (χ0n) is 10.0. The van der Waals surface area contributed by atoms with Crippen LogP contribution in [0.5, 0.6) is 0 Å². The van der Waals surface area contributed by atoms with E-state index in [4.69, 9.17) is 0 Å². The summed E-state index contributed by atoms with van der Waals surface area (Å²) < 4.78 is 13.1. The van der Waals surface area contributed by atoms with Gasteiger partial charge in [-0.2, -0.15) is 0 Å². The van der Waals surface area contributed by atoms with Crippen LogP contribution in [0.1, 0.15) is 18.9 Å². The van der Waals surface area contributed by atoms with Gasteiger partial charge in [-0.15, -0.1) is 0 Å². The Hall–Kier alpha value is -2.17. The number of nitrogens with zero attached hydrogens (tertiary/aromatic N) is 1. The molecule has 1 aromatic heterocycles. The van der Waals surface area contributed by atoms with Gasteiger partial charge in [0.15, 0.2) is 5.83 Å². The molecule has 0 radical (unpaired) electrons. The Labute approximate surface area is 104 Å². The fraction of sp³-hybridized carbons (Fsp3) is 0.231. The summed E-state index contributed by atoms with van der Waals surface area (Å²) in [4.78, 5) is 18.4. The maximum absolute atomic E-state index is 13.1. The number of fused-ring (bicyclic) bond motifs is 1. The highest BCUT2D eigenvalue weighted by Crippen LogP contribution is 2.11. The van der Waals surface area contributed by atoms with Crippen LogP contribution in [0.15, 0.2) is 36.4 Å². The molecule has 0 aliphatic heterocycles. The predicted octanol–water partition coefficient (Wildman–Crippen LogP) is 2.44. The molecular formula is C13H14FN3O. The van der Waals surface area contributed by atoms with E-state index in [9.17, 15) is 9.18 Å². The minimum absolute atomic E-state index is 0.290. The van der Waals surface area contributed by atoms with E-state index in [-0.39, 0.29) is 0 Å². The molecule has 0 aliphatic carbocycles. The molecule has 5 heteroatoms. The van der Waals surface area contributed by atoms with Gasteiger partial charge >= 0.3 is 0 Å². The summed E-state index contributed by atoms with van der Waals surface area (Å²) in [5.74, 6) is -1.42. The average molecular weight is 247 g/mol. The Balaban J connectivity index is 2.01. The quantitative estimate of drug-likeness (QED) is 0.815. The van der Waals surface area contributed by atoms with Crippen molar-refractivity contribution in [3.05, 3.63) is 42.0 Å². The second-order valence-corrected chi connectivity index (χ2v) is 3.90. The van der Waals surface area contributed by atoms with E-state index < -0.39 is 11.7 Å². The molecule has 0 fully saturated rings. The van der Waals surface area contributed by atoms with Gasteiger partial charge in [0.25, 0.3) is 5.91 Å². The van der Waals surface area contributed by atoms with Crippen molar-refractivity contribution in [3.63, 3.8) is 0 Å². The third-order valence-electron chi connectivity index (χ3n) is 2.54. The maximum atomic E-state index is 13.1. The SMILES string of the molecule is CC/C=C(/F)C(=O)NCc1ccc2nc[nH]c2c1. The molecule has 0 atom stereocenters. The highest BCUT2D eigenvalue weighted by atomic mass is 19.1. The number of allylic oxidation sites excluding steroid dienone is 1. The van der Waals surface area contributed by atoms with Crippen LogP contribution in [0.3, 0.4) is 0 Å². The Morgan fingerprint density at radius 1 is 1.56 bits per heavy atom. The molecule has 1 heterocycles. The van der Waals surface area contributed by atoms with Crippen LogP contribution < -0.4 is 5.32 Å². The first-order valence-electron chi connectivity index (χ1n) is 5.76. The van der Waals surface area contributed by atoms with Gasteiger partial charge in [-0.1, -0.05) is 13.0 Å². The normalized spacial score (nSPS) is 11.8. The van der Waals surface area contributed by atoms with E-state index in [1.165, 1.54) is 6.08 Å². The molecule has 0 aliphatic rings. The molecule has 18 heavy (non-hydrogen) atoms. The molecule has 4 nitrogen and oxygen atoms in total. The molecule has 0 spiro atoms. The second-order valence-electron chi connectivity index (χ2n) is 3.90. The van der Waals surface area contributed by atoms with Crippen molar-refractivity contribution in [3.8, 4) is 0 Å². The number of carbonyl (C=O) groups excluding carboxylic acids is 1. The van der Waals surface area contributed by atoms with Crippen LogP contribution in [0, 0.1) is 0 Å². The second kappa shape index (κ2) is 5.44. The third kappa shape index (κ3) is 2.74. The number of imidazole rings is 1. The van der Waals surface area contributed by atoms with Gasteiger partial charge in [-0.3, -0.25) is 4.79 Å². The summed E-state index contributed by atoms with van der Waals surface area (Å²) in [6.07, 6.45) is 3.36. The summed E-state index contributed by atoms with van der Waals surface area (Å²) in [6, 6.07) is 5.58. The van der Waals surface area contributed by atoms with Gasteiger partial charge in [0, 0.05) is 6.54 Å². The maximum Gasteiger partial charge on any atom is 0.279 e. The lowest BCUT2D eigenvalue weighted by Crippen LogP contribution is -2.23. The molecule has 1 amide bonds. The van der Waals surface area contributed by atoms with Gasteiger partial charge < -0.3 is 10.3 Å². The predicted molar refractivity (Wildman–Crippen MR) is 67.4 cm³/mol. The van der Waals surface area contributed by atoms with E-state index in [1.54, 1.807) is 13.3 Å². The monoisotopic (exact) mass is 247 g/mol. The number of H-pyrrole nitrogens is 1. The number of hydrogen-bond acceptors (Lipinski definition) is 2. The number of hydrogen-bond donors (Lipinski definition) is 2. The fourth-order valence-electron chi connectivity index (χ4n) is 1.63. The minimum atomic E-state index is -0.736. The number of carbonyl (C=O) groups is 1. The van der Waals surface area contributed by atoms with Crippen LogP contribution in [0.2, 0.25) is 0 Å². The van der Waals surface area contributed by atoms with Crippen molar-refractivity contribution < 1.29 is 9.18 Å². The lowest BCUT2D eigenvalue weighted by atomic mass is 10.2. The van der Waals surface area contributed by atoms with Crippen LogP contribution in [-0.2, 0) is 11.3 Å². The van der Waals surface area contributed by atoms with Gasteiger partial charge in [-0.05, 0) is 30.2 Å². The first kappa shape index (κ1) is 12.3. The van der Waals surface area contributed by atoms with E-state index in [1.807, 2.05) is 18.2 Å². The zero-order chi connectivity index (χ0) is 13.0. The van der Waals surface area contributed by atoms with Gasteiger partial charge in [0.1, 0.15) is 0 Å². The molecule has 0 bridgehead atoms. The molecular weight excluding hydrogens is 233 g/mol. The molecule has 2 rings (SSSR count). The highest BCUT2D eigenvalue weighted by Gasteiger charge is 2.07. The third-order valence-corrected chi connectivity index (χ3v) is 2.54. The van der Waals surface area contributed by atoms with E-state index in [0.29, 0.717) is 13.0 Å². The summed E-state index contributed by atoms with van der Waals surface area (Å²) in [5.41, 5.74) is 2.65. The highest BCUT2D eigenvalue weighted by molar-refractivity contribution is 5.91. The number of aromatic amines is 1. The van der Waals surface area contributed by atoms with Crippen LogP contribution in [0.25, 0.3) is 11.0 Å². The van der Waals surface area contributed by atoms with Gasteiger partial charge in [-0.25, -0.2) is 9.37 Å². The zero-order valence-corrected chi connectivity index (χ0v) is 10.0. The Kier molecular flexibility index (Phi) is 3.72. The van der Waals surface area contributed by atoms with Gasteiger partial charge in [0.2, 0.25) is 0 Å². The van der Waals surface area contributed by atoms with Crippen molar-refractivity contribution >= 4 is 16.9 Å². The number of rotatable bonds is 4. The Morgan fingerprint density at radius 2 is 2.39 bits per heavy atom. The molecule has 0 saturated carbocycles. The largest absolute Gasteiger partial charge is 0.346 e. The lowest BCUT2D eigenvalue weighted by molar-refractivity contribution is -0.119. The number of halogens is 1.